The van der Waals surface area contributed by atoms with E-state index in [1.807, 2.05) is 6.07 Å². The third kappa shape index (κ3) is 2.63. The molecule has 0 aromatic heterocycles. The third-order valence-corrected chi connectivity index (χ3v) is 4.25. The molecule has 2 aliphatic rings. The molecular formula is C17H15F2NO4. The smallest absolute Gasteiger partial charge is 0.195 e. The summed E-state index contributed by atoms with van der Waals surface area (Å²) in [6, 6.07) is 6.27. The molecule has 2 atom stereocenters. The number of ketones is 1. The van der Waals surface area contributed by atoms with Crippen LogP contribution in [-0.2, 0) is 9.53 Å². The Morgan fingerprint density at radius 2 is 2.12 bits per heavy atom. The van der Waals surface area contributed by atoms with Crippen LogP contribution in [-0.4, -0.2) is 35.9 Å². The van der Waals surface area contributed by atoms with Gasteiger partial charge in [-0.3, -0.25) is 4.79 Å². The number of carbonyl (C=O) groups excluding carboxylic acids is 1. The fraction of sp³-hybridized carbons (Fsp3) is 0.412. The van der Waals surface area contributed by atoms with E-state index >= 15 is 0 Å². The maximum absolute atomic E-state index is 13.5. The van der Waals surface area contributed by atoms with Gasteiger partial charge in [-0.05, 0) is 18.2 Å². The van der Waals surface area contributed by atoms with Crippen LogP contribution in [0.3, 0.4) is 0 Å². The van der Waals surface area contributed by atoms with E-state index in [1.54, 1.807) is 0 Å². The Bertz CT molecular complexity index is 737. The summed E-state index contributed by atoms with van der Waals surface area (Å²) in [5.41, 5.74) is -1.46. The van der Waals surface area contributed by atoms with Crippen LogP contribution in [0.5, 0.6) is 5.75 Å². The second kappa shape index (κ2) is 6.21. The van der Waals surface area contributed by atoms with Crippen molar-refractivity contribution in [3.05, 3.63) is 41.2 Å². The molecule has 24 heavy (non-hydrogen) atoms. The molecule has 0 fully saturated rings. The summed E-state index contributed by atoms with van der Waals surface area (Å²) in [5.74, 6) is 0.371. The van der Waals surface area contributed by atoms with Crippen LogP contribution < -0.4 is 4.74 Å². The van der Waals surface area contributed by atoms with Gasteiger partial charge in [0.05, 0.1) is 11.6 Å². The Balaban J connectivity index is 2.05. The average Bonchev–Trinajstić information content (AvgIpc) is 3.02. The fourth-order valence-corrected chi connectivity index (χ4v) is 2.86. The highest BCUT2D eigenvalue weighted by Crippen LogP contribution is 2.44. The van der Waals surface area contributed by atoms with Gasteiger partial charge in [0.15, 0.2) is 17.5 Å². The number of alkyl halides is 2. The third-order valence-electron chi connectivity index (χ3n) is 4.25. The lowest BCUT2D eigenvalue weighted by atomic mass is 9.86. The molecular weight excluding hydrogens is 320 g/mol. The number of aliphatic hydroxyl groups is 1. The molecule has 0 saturated heterocycles. The molecule has 126 valence electrons. The van der Waals surface area contributed by atoms with Gasteiger partial charge in [0.25, 0.3) is 0 Å². The number of fused-ring (bicyclic) bond motifs is 1. The van der Waals surface area contributed by atoms with E-state index in [4.69, 9.17) is 14.7 Å². The molecule has 1 heterocycles. The van der Waals surface area contributed by atoms with E-state index in [2.05, 4.69) is 0 Å². The molecule has 0 saturated carbocycles. The van der Waals surface area contributed by atoms with E-state index in [1.165, 1.54) is 24.3 Å². The normalized spacial score (nSPS) is 24.6. The van der Waals surface area contributed by atoms with Crippen molar-refractivity contribution in [2.24, 2.45) is 0 Å². The maximum Gasteiger partial charge on any atom is 0.195 e. The fourth-order valence-electron chi connectivity index (χ4n) is 2.86. The van der Waals surface area contributed by atoms with Gasteiger partial charge in [-0.1, -0.05) is 0 Å². The van der Waals surface area contributed by atoms with E-state index in [-0.39, 0.29) is 18.0 Å². The molecule has 1 aromatic rings. The largest absolute Gasteiger partial charge is 0.487 e. The van der Waals surface area contributed by atoms with Gasteiger partial charge >= 0.3 is 0 Å². The molecule has 1 aliphatic heterocycles. The second-order valence-corrected chi connectivity index (χ2v) is 5.86. The molecule has 0 amide bonds. The predicted octanol–water partition coefficient (Wildman–Crippen LogP) is 2.29. The molecule has 1 aromatic carbocycles. The zero-order valence-electron chi connectivity index (χ0n) is 12.7. The average molecular weight is 335 g/mol. The van der Waals surface area contributed by atoms with Crippen LogP contribution in [0.15, 0.2) is 30.0 Å². The summed E-state index contributed by atoms with van der Waals surface area (Å²) in [4.78, 5) is 11.4. The first-order valence-corrected chi connectivity index (χ1v) is 7.46. The summed E-state index contributed by atoms with van der Waals surface area (Å²) in [7, 11) is 0. The van der Waals surface area contributed by atoms with Crippen molar-refractivity contribution in [3.63, 3.8) is 0 Å². The SMILES string of the molecule is N#Cc1ccc2c(c1)[C@H](OC1=CC(=O)CC1)[C@@H](O)C(CF)(CF)O2. The van der Waals surface area contributed by atoms with Gasteiger partial charge in [-0.15, -0.1) is 0 Å². The Labute approximate surface area is 137 Å². The maximum atomic E-state index is 13.5. The molecule has 5 nitrogen and oxygen atoms in total. The number of nitrogens with zero attached hydrogens (tertiary/aromatic N) is 1. The molecule has 7 heteroatoms. The molecule has 0 bridgehead atoms. The number of benzene rings is 1. The van der Waals surface area contributed by atoms with Crippen molar-refractivity contribution in [1.29, 1.82) is 5.26 Å². The molecule has 1 aliphatic carbocycles. The van der Waals surface area contributed by atoms with Crippen molar-refractivity contribution in [3.8, 4) is 11.8 Å². The number of hydrogen-bond acceptors (Lipinski definition) is 5. The highest BCUT2D eigenvalue weighted by atomic mass is 19.1. The van der Waals surface area contributed by atoms with Crippen LogP contribution in [0.4, 0.5) is 8.78 Å². The molecule has 0 spiro atoms. The van der Waals surface area contributed by atoms with Crippen LogP contribution in [0.1, 0.15) is 30.1 Å². The number of aliphatic hydroxyl groups excluding tert-OH is 1. The Kier molecular flexibility index (Phi) is 4.24. The minimum atomic E-state index is -2.07. The zero-order chi connectivity index (χ0) is 17.3. The number of rotatable bonds is 4. The lowest BCUT2D eigenvalue weighted by molar-refractivity contribution is -0.151. The van der Waals surface area contributed by atoms with Crippen molar-refractivity contribution >= 4 is 5.78 Å². The summed E-state index contributed by atoms with van der Waals surface area (Å²) in [6.45, 7) is -2.50. The van der Waals surface area contributed by atoms with E-state index < -0.39 is 31.2 Å². The van der Waals surface area contributed by atoms with E-state index in [0.29, 0.717) is 23.3 Å². The second-order valence-electron chi connectivity index (χ2n) is 5.86. The monoisotopic (exact) mass is 335 g/mol. The Hall–Kier alpha value is -2.46. The molecule has 3 rings (SSSR count). The van der Waals surface area contributed by atoms with Gasteiger partial charge in [-0.25, -0.2) is 8.78 Å². The summed E-state index contributed by atoms with van der Waals surface area (Å²) in [5, 5.41) is 19.5. The highest BCUT2D eigenvalue weighted by molar-refractivity contribution is 5.92. The first-order chi connectivity index (χ1) is 11.5. The summed E-state index contributed by atoms with van der Waals surface area (Å²) in [6.07, 6.45) is -0.815. The van der Waals surface area contributed by atoms with Crippen molar-refractivity contribution in [1.82, 2.24) is 0 Å². The number of allylic oxidation sites excluding steroid dienone is 2. The van der Waals surface area contributed by atoms with Crippen molar-refractivity contribution in [2.45, 2.75) is 30.7 Å². The van der Waals surface area contributed by atoms with E-state index in [9.17, 15) is 18.7 Å². The standard InChI is InChI=1S/C17H15F2NO4/c18-8-17(9-19)16(22)15(23-12-3-2-11(21)6-12)13-5-10(7-20)1-4-14(13)24-17/h1,4-6,15-16,22H,2-3,8-9H2/t15-,16+/m0/s1. The van der Waals surface area contributed by atoms with Gasteiger partial charge in [0.2, 0.25) is 0 Å². The number of hydrogen-bond donors (Lipinski definition) is 1. The minimum Gasteiger partial charge on any atom is -0.487 e. The van der Waals surface area contributed by atoms with Crippen molar-refractivity contribution < 1.29 is 28.2 Å². The number of halogens is 2. The first kappa shape index (κ1) is 16.4. The van der Waals surface area contributed by atoms with Gasteiger partial charge < -0.3 is 14.6 Å². The Morgan fingerprint density at radius 1 is 1.38 bits per heavy atom. The minimum absolute atomic E-state index is 0.111. The van der Waals surface area contributed by atoms with Gasteiger partial charge in [-0.2, -0.15) is 5.26 Å². The molecule has 1 N–H and O–H groups in total. The number of nitriles is 1. The van der Waals surface area contributed by atoms with E-state index in [0.717, 1.165) is 0 Å². The topological polar surface area (TPSA) is 79.5 Å². The van der Waals surface area contributed by atoms with Crippen LogP contribution in [0, 0.1) is 11.3 Å². The highest BCUT2D eigenvalue weighted by Gasteiger charge is 2.51. The molecule has 0 unspecified atom stereocenters. The lowest BCUT2D eigenvalue weighted by Crippen LogP contribution is -2.57. The van der Waals surface area contributed by atoms with Crippen LogP contribution in [0.2, 0.25) is 0 Å². The number of carbonyl (C=O) groups is 1. The van der Waals surface area contributed by atoms with Crippen LogP contribution in [0.25, 0.3) is 0 Å². The zero-order valence-corrected chi connectivity index (χ0v) is 12.7. The van der Waals surface area contributed by atoms with Gasteiger partial charge in [0, 0.05) is 24.5 Å². The van der Waals surface area contributed by atoms with Crippen LogP contribution >= 0.6 is 0 Å². The van der Waals surface area contributed by atoms with Gasteiger partial charge in [0.1, 0.15) is 31.0 Å². The lowest BCUT2D eigenvalue weighted by Gasteiger charge is -2.43. The molecule has 0 radical (unpaired) electrons. The Morgan fingerprint density at radius 3 is 2.71 bits per heavy atom. The summed E-state index contributed by atoms with van der Waals surface area (Å²) >= 11 is 0. The quantitative estimate of drug-likeness (QED) is 0.913. The first-order valence-electron chi connectivity index (χ1n) is 7.46. The predicted molar refractivity (Wildman–Crippen MR) is 78.6 cm³/mol. The van der Waals surface area contributed by atoms with Crippen molar-refractivity contribution in [2.75, 3.05) is 13.3 Å². The summed E-state index contributed by atoms with van der Waals surface area (Å²) < 4.78 is 38.0. The number of ether oxygens (including phenoxy) is 2.